The van der Waals surface area contributed by atoms with Gasteiger partial charge in [0.1, 0.15) is 0 Å². The molecule has 1 rings (SSSR count). The standard InChI is InChI=1S/C9H12ClN3O2/c1-3-13(4-2)6-5-7(10)11-12-8(6)9(14)15/h5H,3-4H2,1-2H3,(H,14,15). The molecule has 0 bridgehead atoms. The van der Waals surface area contributed by atoms with E-state index in [1.807, 2.05) is 18.7 Å². The zero-order valence-electron chi connectivity index (χ0n) is 8.57. The van der Waals surface area contributed by atoms with Gasteiger partial charge in [-0.2, -0.15) is 0 Å². The van der Waals surface area contributed by atoms with E-state index in [2.05, 4.69) is 10.2 Å². The number of halogens is 1. The van der Waals surface area contributed by atoms with Crippen LogP contribution >= 0.6 is 11.6 Å². The molecule has 82 valence electrons. The molecule has 0 aliphatic heterocycles. The summed E-state index contributed by atoms with van der Waals surface area (Å²) in [6, 6.07) is 1.52. The number of hydrogen-bond acceptors (Lipinski definition) is 4. The third-order valence-electron chi connectivity index (χ3n) is 2.05. The van der Waals surface area contributed by atoms with Crippen LogP contribution in [-0.4, -0.2) is 34.4 Å². The molecule has 1 heterocycles. The van der Waals surface area contributed by atoms with Crippen molar-refractivity contribution in [3.8, 4) is 0 Å². The van der Waals surface area contributed by atoms with Gasteiger partial charge in [0.05, 0.1) is 5.69 Å². The van der Waals surface area contributed by atoms with E-state index >= 15 is 0 Å². The maximum atomic E-state index is 10.9. The lowest BCUT2D eigenvalue weighted by Gasteiger charge is -2.21. The minimum absolute atomic E-state index is 0.0666. The Labute approximate surface area is 92.7 Å². The lowest BCUT2D eigenvalue weighted by atomic mass is 10.3. The van der Waals surface area contributed by atoms with E-state index in [0.29, 0.717) is 18.8 Å². The molecule has 0 spiro atoms. The first kappa shape index (κ1) is 11.7. The van der Waals surface area contributed by atoms with Crippen LogP contribution in [0, 0.1) is 0 Å². The summed E-state index contributed by atoms with van der Waals surface area (Å²) in [5.74, 6) is -1.10. The summed E-state index contributed by atoms with van der Waals surface area (Å²) in [5, 5.41) is 16.2. The number of carboxylic acid groups (broad SMARTS) is 1. The Bertz CT molecular complexity index is 366. The molecule has 0 atom stereocenters. The highest BCUT2D eigenvalue weighted by Gasteiger charge is 2.17. The van der Waals surface area contributed by atoms with Crippen molar-refractivity contribution in [1.29, 1.82) is 0 Å². The van der Waals surface area contributed by atoms with E-state index in [0.717, 1.165) is 0 Å². The van der Waals surface area contributed by atoms with Gasteiger partial charge in [0.15, 0.2) is 10.8 Å². The van der Waals surface area contributed by atoms with Crippen molar-refractivity contribution in [3.05, 3.63) is 16.9 Å². The molecule has 0 radical (unpaired) electrons. The van der Waals surface area contributed by atoms with Crippen LogP contribution in [0.5, 0.6) is 0 Å². The van der Waals surface area contributed by atoms with Gasteiger partial charge in [-0.05, 0) is 13.8 Å². The van der Waals surface area contributed by atoms with Crippen LogP contribution in [0.25, 0.3) is 0 Å². The third-order valence-corrected chi connectivity index (χ3v) is 2.24. The largest absolute Gasteiger partial charge is 0.476 e. The Morgan fingerprint density at radius 2 is 2.07 bits per heavy atom. The van der Waals surface area contributed by atoms with Crippen molar-refractivity contribution < 1.29 is 9.90 Å². The second kappa shape index (κ2) is 4.93. The van der Waals surface area contributed by atoms with Gasteiger partial charge < -0.3 is 10.0 Å². The van der Waals surface area contributed by atoms with Crippen molar-refractivity contribution in [2.24, 2.45) is 0 Å². The molecule has 0 aromatic carbocycles. The summed E-state index contributed by atoms with van der Waals surface area (Å²) in [6.07, 6.45) is 0. The molecule has 0 amide bonds. The average molecular weight is 230 g/mol. The molecule has 1 N–H and O–H groups in total. The topological polar surface area (TPSA) is 66.3 Å². The molecule has 1 aromatic rings. The fraction of sp³-hybridized carbons (Fsp3) is 0.444. The average Bonchev–Trinajstić information content (AvgIpc) is 2.19. The van der Waals surface area contributed by atoms with Gasteiger partial charge in [-0.1, -0.05) is 11.6 Å². The molecule has 15 heavy (non-hydrogen) atoms. The van der Waals surface area contributed by atoms with E-state index in [4.69, 9.17) is 16.7 Å². The van der Waals surface area contributed by atoms with Crippen molar-refractivity contribution in [2.75, 3.05) is 18.0 Å². The van der Waals surface area contributed by atoms with Gasteiger partial charge in [-0.15, -0.1) is 10.2 Å². The number of carbonyl (C=O) groups is 1. The molecule has 0 unspecified atom stereocenters. The number of aromatic carboxylic acids is 1. The first-order valence-electron chi connectivity index (χ1n) is 4.61. The molecule has 5 nitrogen and oxygen atoms in total. The Balaban J connectivity index is 3.22. The summed E-state index contributed by atoms with van der Waals surface area (Å²) in [7, 11) is 0. The molecule has 6 heteroatoms. The minimum Gasteiger partial charge on any atom is -0.476 e. The normalized spacial score (nSPS) is 10.1. The van der Waals surface area contributed by atoms with E-state index in [1.54, 1.807) is 0 Å². The van der Waals surface area contributed by atoms with Crippen molar-refractivity contribution in [2.45, 2.75) is 13.8 Å². The summed E-state index contributed by atoms with van der Waals surface area (Å²) < 4.78 is 0. The number of anilines is 1. The van der Waals surface area contributed by atoms with Crippen LogP contribution in [-0.2, 0) is 0 Å². The van der Waals surface area contributed by atoms with E-state index in [-0.39, 0.29) is 10.8 Å². The molecular formula is C9H12ClN3O2. The molecular weight excluding hydrogens is 218 g/mol. The SMILES string of the molecule is CCN(CC)c1cc(Cl)nnc1C(=O)O. The molecule has 0 saturated carbocycles. The number of hydrogen-bond donors (Lipinski definition) is 1. The van der Waals surface area contributed by atoms with Crippen LogP contribution in [0.3, 0.4) is 0 Å². The number of rotatable bonds is 4. The second-order valence-electron chi connectivity index (χ2n) is 2.88. The summed E-state index contributed by atoms with van der Waals surface area (Å²) in [4.78, 5) is 12.8. The predicted molar refractivity (Wildman–Crippen MR) is 57.6 cm³/mol. The monoisotopic (exact) mass is 229 g/mol. The van der Waals surface area contributed by atoms with Crippen LogP contribution < -0.4 is 4.90 Å². The first-order valence-corrected chi connectivity index (χ1v) is 4.99. The Morgan fingerprint density at radius 1 is 1.47 bits per heavy atom. The maximum Gasteiger partial charge on any atom is 0.358 e. The van der Waals surface area contributed by atoms with Gasteiger partial charge in [-0.3, -0.25) is 0 Å². The van der Waals surface area contributed by atoms with Gasteiger partial charge in [0.25, 0.3) is 0 Å². The Hall–Kier alpha value is -1.36. The van der Waals surface area contributed by atoms with Crippen LogP contribution in [0.1, 0.15) is 24.3 Å². The summed E-state index contributed by atoms with van der Waals surface area (Å²) in [5.41, 5.74) is 0.440. The first-order chi connectivity index (χ1) is 7.10. The van der Waals surface area contributed by atoms with E-state index in [1.165, 1.54) is 6.07 Å². The second-order valence-corrected chi connectivity index (χ2v) is 3.27. The number of aromatic nitrogens is 2. The van der Waals surface area contributed by atoms with Gasteiger partial charge >= 0.3 is 5.97 Å². The van der Waals surface area contributed by atoms with Crippen molar-refractivity contribution >= 4 is 23.3 Å². The van der Waals surface area contributed by atoms with E-state index in [9.17, 15) is 4.79 Å². The van der Waals surface area contributed by atoms with Gasteiger partial charge in [-0.25, -0.2) is 4.79 Å². The third kappa shape index (κ3) is 2.56. The lowest BCUT2D eigenvalue weighted by molar-refractivity contribution is 0.0690. The molecule has 0 fully saturated rings. The number of nitrogens with zero attached hydrogens (tertiary/aromatic N) is 3. The number of carboxylic acids is 1. The summed E-state index contributed by atoms with van der Waals surface area (Å²) in [6.45, 7) is 5.25. The Kier molecular flexibility index (Phi) is 3.85. The molecule has 0 aliphatic rings. The lowest BCUT2D eigenvalue weighted by Crippen LogP contribution is -2.25. The van der Waals surface area contributed by atoms with Crippen LogP contribution in [0.2, 0.25) is 5.15 Å². The highest BCUT2D eigenvalue weighted by atomic mass is 35.5. The van der Waals surface area contributed by atoms with Crippen LogP contribution in [0.15, 0.2) is 6.07 Å². The van der Waals surface area contributed by atoms with Crippen LogP contribution in [0.4, 0.5) is 5.69 Å². The molecule has 1 aromatic heterocycles. The maximum absolute atomic E-state index is 10.9. The quantitative estimate of drug-likeness (QED) is 0.851. The highest BCUT2D eigenvalue weighted by Crippen LogP contribution is 2.20. The zero-order chi connectivity index (χ0) is 11.4. The fourth-order valence-electron chi connectivity index (χ4n) is 1.32. The predicted octanol–water partition coefficient (Wildman–Crippen LogP) is 1.67. The highest BCUT2D eigenvalue weighted by molar-refractivity contribution is 6.29. The fourth-order valence-corrected chi connectivity index (χ4v) is 1.46. The van der Waals surface area contributed by atoms with Gasteiger partial charge in [0, 0.05) is 19.2 Å². The Morgan fingerprint density at radius 3 is 2.53 bits per heavy atom. The van der Waals surface area contributed by atoms with Gasteiger partial charge in [0.2, 0.25) is 0 Å². The molecule has 0 aliphatic carbocycles. The van der Waals surface area contributed by atoms with E-state index < -0.39 is 5.97 Å². The molecule has 0 saturated heterocycles. The van der Waals surface area contributed by atoms with Crippen molar-refractivity contribution in [1.82, 2.24) is 10.2 Å². The minimum atomic E-state index is -1.10. The van der Waals surface area contributed by atoms with Crippen molar-refractivity contribution in [3.63, 3.8) is 0 Å². The zero-order valence-corrected chi connectivity index (χ0v) is 9.32. The summed E-state index contributed by atoms with van der Waals surface area (Å²) >= 11 is 5.69. The smallest absolute Gasteiger partial charge is 0.358 e.